The van der Waals surface area contributed by atoms with Crippen LogP contribution in [0.4, 0.5) is 5.69 Å². The van der Waals surface area contributed by atoms with E-state index in [1.807, 2.05) is 18.2 Å². The van der Waals surface area contributed by atoms with E-state index in [0.717, 1.165) is 42.8 Å². The second kappa shape index (κ2) is 10.1. The van der Waals surface area contributed by atoms with Crippen molar-refractivity contribution < 1.29 is 22.3 Å². The number of benzene rings is 1. The summed E-state index contributed by atoms with van der Waals surface area (Å²) in [5.74, 6) is -0.201. The molecule has 0 radical (unpaired) electrons. The van der Waals surface area contributed by atoms with Crippen LogP contribution in [0.1, 0.15) is 49.9 Å². The molecule has 0 atom stereocenters. The minimum Gasteiger partial charge on any atom is -0.278 e. The molecular formula is C19H24N4O5S. The average molecular weight is 420 g/mol. The minimum absolute atomic E-state index is 0.201. The second-order valence-electron chi connectivity index (χ2n) is 6.77. The summed E-state index contributed by atoms with van der Waals surface area (Å²) < 4.78 is 31.6. The van der Waals surface area contributed by atoms with Crippen LogP contribution in [0, 0.1) is 0 Å². The molecule has 0 aromatic heterocycles. The molecule has 2 aliphatic rings. The Morgan fingerprint density at radius 3 is 1.83 bits per heavy atom. The van der Waals surface area contributed by atoms with Crippen LogP contribution in [0.5, 0.6) is 0 Å². The van der Waals surface area contributed by atoms with Crippen molar-refractivity contribution in [3.63, 3.8) is 0 Å². The first-order valence-electron chi connectivity index (χ1n) is 8.94. The van der Waals surface area contributed by atoms with Crippen LogP contribution < -0.4 is 10.9 Å². The fourth-order valence-electron chi connectivity index (χ4n) is 2.70. The van der Waals surface area contributed by atoms with Crippen LogP contribution in [-0.2, 0) is 10.4 Å². The third-order valence-corrected chi connectivity index (χ3v) is 4.15. The van der Waals surface area contributed by atoms with Crippen molar-refractivity contribution in [3.8, 4) is 0 Å². The predicted molar refractivity (Wildman–Crippen MR) is 113 cm³/mol. The van der Waals surface area contributed by atoms with Crippen molar-refractivity contribution in [2.75, 3.05) is 5.43 Å². The van der Waals surface area contributed by atoms with Crippen LogP contribution >= 0.6 is 0 Å². The van der Waals surface area contributed by atoms with Gasteiger partial charge in [-0.1, -0.05) is 11.1 Å². The molecule has 156 valence electrons. The Kier molecular flexibility index (Phi) is 7.82. The van der Waals surface area contributed by atoms with E-state index in [9.17, 15) is 4.79 Å². The molecule has 0 saturated carbocycles. The van der Waals surface area contributed by atoms with Crippen molar-refractivity contribution >= 4 is 33.4 Å². The maximum atomic E-state index is 12.1. The van der Waals surface area contributed by atoms with Crippen molar-refractivity contribution in [3.05, 3.63) is 53.1 Å². The Morgan fingerprint density at radius 1 is 0.897 bits per heavy atom. The molecule has 0 unspecified atom stereocenters. The Bertz CT molecular complexity index is 968. The molecule has 0 spiro atoms. The number of carbonyl (C=O) groups is 1. The molecule has 4 N–H and O–H groups in total. The molecular weight excluding hydrogens is 396 g/mol. The third kappa shape index (κ3) is 8.81. The number of amides is 1. The van der Waals surface area contributed by atoms with E-state index in [1.165, 1.54) is 11.1 Å². The van der Waals surface area contributed by atoms with Gasteiger partial charge in [-0.3, -0.25) is 19.3 Å². The number of allylic oxidation sites excluding steroid dienone is 4. The number of hydrazone groups is 2. The monoisotopic (exact) mass is 420 g/mol. The lowest BCUT2D eigenvalue weighted by Crippen LogP contribution is -2.18. The summed E-state index contributed by atoms with van der Waals surface area (Å²) in [5.41, 5.74) is 11.7. The Balaban J connectivity index is 0.000000537. The van der Waals surface area contributed by atoms with Crippen LogP contribution in [-0.4, -0.2) is 34.9 Å². The van der Waals surface area contributed by atoms with Gasteiger partial charge in [0.05, 0.1) is 17.1 Å². The fraction of sp³-hybridized carbons (Fsp3) is 0.316. The summed E-state index contributed by atoms with van der Waals surface area (Å²) in [6.45, 7) is 4.18. The number of rotatable bonds is 4. The smallest absolute Gasteiger partial charge is 0.278 e. The van der Waals surface area contributed by atoms with Crippen LogP contribution in [0.25, 0.3) is 0 Å². The fourth-order valence-corrected chi connectivity index (χ4v) is 2.70. The molecule has 0 saturated heterocycles. The lowest BCUT2D eigenvalue weighted by Gasteiger charge is -2.04. The van der Waals surface area contributed by atoms with Gasteiger partial charge >= 0.3 is 10.4 Å². The average Bonchev–Trinajstić information content (AvgIpc) is 3.25. The summed E-state index contributed by atoms with van der Waals surface area (Å²) >= 11 is 0. The lowest BCUT2D eigenvalue weighted by molar-refractivity contribution is 0.0955. The van der Waals surface area contributed by atoms with E-state index in [0.29, 0.717) is 5.56 Å². The minimum atomic E-state index is -4.67. The molecule has 0 fully saturated rings. The number of hydrogen-bond donors (Lipinski definition) is 4. The standard InChI is InChI=1S/C19H22N4O.H2O4S/c1-13-3-7-17(11-13)21-20-16-9-5-15(6-10-16)19(24)23-22-18-8-4-14(2)12-18;1-5(2,3)4/h5-6,9-12,20H,3-4,7-8H2,1-2H3,(H,23,24);(H2,1,2,3,4)/b21-17-,22-18-;. The zero-order chi connectivity index (χ0) is 21.4. The molecule has 1 amide bonds. The highest BCUT2D eigenvalue weighted by atomic mass is 32.3. The molecule has 3 rings (SSSR count). The van der Waals surface area contributed by atoms with E-state index < -0.39 is 10.4 Å². The van der Waals surface area contributed by atoms with Crippen molar-refractivity contribution in [2.24, 2.45) is 10.2 Å². The van der Waals surface area contributed by atoms with Gasteiger partial charge in [-0.2, -0.15) is 18.6 Å². The number of hydrogen-bond acceptors (Lipinski definition) is 6. The molecule has 2 aliphatic carbocycles. The van der Waals surface area contributed by atoms with E-state index in [4.69, 9.17) is 17.5 Å². The van der Waals surface area contributed by atoms with Crippen molar-refractivity contribution in [2.45, 2.75) is 39.5 Å². The highest BCUT2D eigenvalue weighted by Gasteiger charge is 2.09. The first-order chi connectivity index (χ1) is 13.6. The maximum absolute atomic E-state index is 12.1. The number of nitrogens with zero attached hydrogens (tertiary/aromatic N) is 2. The zero-order valence-corrected chi connectivity index (χ0v) is 17.0. The van der Waals surface area contributed by atoms with Gasteiger partial charge < -0.3 is 0 Å². The Labute approximate surface area is 169 Å². The predicted octanol–water partition coefficient (Wildman–Crippen LogP) is 3.37. The van der Waals surface area contributed by atoms with Crippen molar-refractivity contribution in [1.82, 2.24) is 5.43 Å². The quantitative estimate of drug-likeness (QED) is 0.435. The Morgan fingerprint density at radius 2 is 1.38 bits per heavy atom. The summed E-state index contributed by atoms with van der Waals surface area (Å²) in [7, 11) is -4.67. The van der Waals surface area contributed by atoms with Gasteiger partial charge in [-0.15, -0.1) is 0 Å². The summed E-state index contributed by atoms with van der Waals surface area (Å²) in [6.07, 6.45) is 8.10. The van der Waals surface area contributed by atoms with Gasteiger partial charge in [0.2, 0.25) is 0 Å². The van der Waals surface area contributed by atoms with E-state index in [-0.39, 0.29) is 5.91 Å². The SMILES string of the molecule is CC1=C/C(=N\NC(=O)c2ccc(N/N=C3\C=C(C)CC3)cc2)CC1.O=S(=O)(O)O. The Hall–Kier alpha value is -2.82. The molecule has 0 heterocycles. The van der Waals surface area contributed by atoms with Crippen LogP contribution in [0.3, 0.4) is 0 Å². The topological polar surface area (TPSA) is 140 Å². The molecule has 9 nitrogen and oxygen atoms in total. The van der Waals surface area contributed by atoms with Gasteiger partial charge in [0.25, 0.3) is 5.91 Å². The summed E-state index contributed by atoms with van der Waals surface area (Å²) in [5, 5.41) is 8.54. The highest BCUT2D eigenvalue weighted by molar-refractivity contribution is 7.79. The van der Waals surface area contributed by atoms with Gasteiger partial charge in [-0.05, 0) is 75.9 Å². The van der Waals surface area contributed by atoms with Gasteiger partial charge in [0, 0.05) is 5.56 Å². The molecule has 0 bridgehead atoms. The van der Waals surface area contributed by atoms with Crippen LogP contribution in [0.15, 0.2) is 57.8 Å². The van der Waals surface area contributed by atoms with Gasteiger partial charge in [0.15, 0.2) is 0 Å². The summed E-state index contributed by atoms with van der Waals surface area (Å²) in [6, 6.07) is 7.22. The third-order valence-electron chi connectivity index (χ3n) is 4.15. The summed E-state index contributed by atoms with van der Waals surface area (Å²) in [4.78, 5) is 12.1. The van der Waals surface area contributed by atoms with E-state index in [2.05, 4.69) is 41.0 Å². The molecule has 0 aliphatic heterocycles. The number of nitrogens with one attached hydrogen (secondary N) is 2. The second-order valence-corrected chi connectivity index (χ2v) is 7.66. The number of carbonyl (C=O) groups excluding carboxylic acids is 1. The largest absolute Gasteiger partial charge is 0.394 e. The van der Waals surface area contributed by atoms with E-state index in [1.54, 1.807) is 12.1 Å². The van der Waals surface area contributed by atoms with Crippen LogP contribution in [0.2, 0.25) is 0 Å². The number of anilines is 1. The first-order valence-corrected chi connectivity index (χ1v) is 10.3. The molecule has 1 aromatic carbocycles. The maximum Gasteiger partial charge on any atom is 0.394 e. The zero-order valence-electron chi connectivity index (χ0n) is 16.2. The molecule has 29 heavy (non-hydrogen) atoms. The first kappa shape index (κ1) is 22.5. The van der Waals surface area contributed by atoms with E-state index >= 15 is 0 Å². The molecule has 1 aromatic rings. The van der Waals surface area contributed by atoms with Crippen molar-refractivity contribution in [1.29, 1.82) is 0 Å². The lowest BCUT2D eigenvalue weighted by atomic mass is 10.2. The van der Waals surface area contributed by atoms with Gasteiger partial charge in [0.1, 0.15) is 0 Å². The van der Waals surface area contributed by atoms with Gasteiger partial charge in [-0.25, -0.2) is 5.43 Å². The highest BCUT2D eigenvalue weighted by Crippen LogP contribution is 2.16. The molecule has 10 heteroatoms. The normalized spacial score (nSPS) is 18.8.